The normalized spacial score (nSPS) is 16.3. The molecule has 1 N–H and O–H groups in total. The van der Waals surface area contributed by atoms with Crippen LogP contribution < -0.4 is 5.32 Å². The lowest BCUT2D eigenvalue weighted by molar-refractivity contribution is 0.240. The highest BCUT2D eigenvalue weighted by atomic mass is 32.1. The minimum atomic E-state index is 0.264. The van der Waals surface area contributed by atoms with Crippen LogP contribution in [0.25, 0.3) is 5.82 Å². The Morgan fingerprint density at radius 3 is 2.94 bits per heavy atom. The molecule has 5 rings (SSSR count). The number of nitrogens with zero attached hydrogens (tertiary/aromatic N) is 6. The van der Waals surface area contributed by atoms with E-state index in [4.69, 9.17) is 10.2 Å². The fourth-order valence-electron chi connectivity index (χ4n) is 4.02. The molecular formula is C23H21N7S. The molecule has 8 heteroatoms. The average Bonchev–Trinajstić information content (AvgIpc) is 3.56. The first-order chi connectivity index (χ1) is 15.3. The van der Waals surface area contributed by atoms with E-state index in [1.807, 2.05) is 36.5 Å². The lowest BCUT2D eigenvalue weighted by Gasteiger charge is -2.25. The topological polar surface area (TPSA) is 82.7 Å². The van der Waals surface area contributed by atoms with Crippen LogP contribution in [0, 0.1) is 11.3 Å². The smallest absolute Gasteiger partial charge is 0.189 e. The van der Waals surface area contributed by atoms with E-state index < -0.39 is 0 Å². The number of pyridine rings is 2. The summed E-state index contributed by atoms with van der Waals surface area (Å²) in [4.78, 5) is 16.7. The maximum atomic E-state index is 9.00. The maximum absolute atomic E-state index is 9.00. The molecule has 1 fully saturated rings. The van der Waals surface area contributed by atoms with Gasteiger partial charge in [-0.05, 0) is 55.8 Å². The zero-order valence-electron chi connectivity index (χ0n) is 16.8. The van der Waals surface area contributed by atoms with Crippen molar-refractivity contribution in [3.8, 4) is 11.9 Å². The van der Waals surface area contributed by atoms with Crippen LogP contribution in [0.15, 0.2) is 67.1 Å². The minimum Gasteiger partial charge on any atom is -0.316 e. The van der Waals surface area contributed by atoms with Crippen molar-refractivity contribution in [3.63, 3.8) is 0 Å². The maximum Gasteiger partial charge on any atom is 0.189 e. The van der Waals surface area contributed by atoms with Crippen LogP contribution in [-0.4, -0.2) is 31.0 Å². The number of hydrogen-bond acceptors (Lipinski definition) is 7. The van der Waals surface area contributed by atoms with Crippen LogP contribution in [-0.2, 0) is 6.54 Å². The summed E-state index contributed by atoms with van der Waals surface area (Å²) in [5.41, 5.74) is 2.27. The van der Waals surface area contributed by atoms with E-state index in [9.17, 15) is 0 Å². The van der Waals surface area contributed by atoms with Gasteiger partial charge in [0.1, 0.15) is 22.6 Å². The zero-order chi connectivity index (χ0) is 21.0. The van der Waals surface area contributed by atoms with E-state index in [2.05, 4.69) is 55.2 Å². The van der Waals surface area contributed by atoms with Gasteiger partial charge in [0.25, 0.3) is 0 Å². The van der Waals surface area contributed by atoms with Crippen molar-refractivity contribution in [2.75, 3.05) is 11.9 Å². The summed E-state index contributed by atoms with van der Waals surface area (Å²) < 4.78 is 2.15. The van der Waals surface area contributed by atoms with Crippen LogP contribution in [0.3, 0.4) is 0 Å². The Bertz CT molecular complexity index is 1210. The highest BCUT2D eigenvalue weighted by molar-refractivity contribution is 7.16. The van der Waals surface area contributed by atoms with Crippen LogP contribution in [0.2, 0.25) is 0 Å². The fraction of sp³-hybridized carbons (Fsp3) is 0.217. The Kier molecular flexibility index (Phi) is 5.44. The average molecular weight is 428 g/mol. The first-order valence-corrected chi connectivity index (χ1v) is 11.0. The van der Waals surface area contributed by atoms with Crippen LogP contribution in [0.4, 0.5) is 10.9 Å². The molecule has 7 nitrogen and oxygen atoms in total. The van der Waals surface area contributed by atoms with Crippen LogP contribution >= 0.6 is 11.3 Å². The first-order valence-electron chi connectivity index (χ1n) is 10.2. The summed E-state index contributed by atoms with van der Waals surface area (Å²) >= 11 is 1.33. The molecule has 1 atom stereocenters. The van der Waals surface area contributed by atoms with Gasteiger partial charge in [-0.25, -0.2) is 15.0 Å². The third-order valence-corrected chi connectivity index (χ3v) is 6.24. The molecule has 154 valence electrons. The molecule has 0 bridgehead atoms. The zero-order valence-corrected chi connectivity index (χ0v) is 17.7. The Morgan fingerprint density at radius 1 is 1.13 bits per heavy atom. The molecule has 0 aliphatic carbocycles. The molecule has 0 unspecified atom stereocenters. The molecule has 0 spiro atoms. The molecular weight excluding hydrogens is 406 g/mol. The van der Waals surface area contributed by atoms with Gasteiger partial charge in [-0.15, -0.1) is 0 Å². The molecule has 1 aliphatic rings. The van der Waals surface area contributed by atoms with Gasteiger partial charge in [0.2, 0.25) is 0 Å². The summed E-state index contributed by atoms with van der Waals surface area (Å²) in [7, 11) is 0. The Labute approximate surface area is 184 Å². The lowest BCUT2D eigenvalue weighted by atomic mass is 10.1. The van der Waals surface area contributed by atoms with Crippen molar-refractivity contribution in [2.45, 2.75) is 25.4 Å². The molecule has 0 aromatic carbocycles. The second-order valence-corrected chi connectivity index (χ2v) is 8.43. The van der Waals surface area contributed by atoms with E-state index >= 15 is 0 Å². The lowest BCUT2D eigenvalue weighted by Crippen LogP contribution is -2.24. The van der Waals surface area contributed by atoms with E-state index in [0.29, 0.717) is 10.0 Å². The predicted octanol–water partition coefficient (Wildman–Crippen LogP) is 4.68. The van der Waals surface area contributed by atoms with Crippen molar-refractivity contribution >= 4 is 22.3 Å². The number of rotatable bonds is 6. The third kappa shape index (κ3) is 4.19. The van der Waals surface area contributed by atoms with Gasteiger partial charge in [-0.2, -0.15) is 5.26 Å². The highest BCUT2D eigenvalue weighted by Gasteiger charge is 2.28. The van der Waals surface area contributed by atoms with Gasteiger partial charge in [0.15, 0.2) is 5.13 Å². The molecule has 4 aromatic rings. The summed E-state index contributed by atoms with van der Waals surface area (Å²) in [6.07, 6.45) is 7.69. The Balaban J connectivity index is 1.34. The number of anilines is 2. The second kappa shape index (κ2) is 8.68. The molecule has 1 aliphatic heterocycles. The number of nitriles is 1. The number of aromatic nitrogens is 4. The van der Waals surface area contributed by atoms with Crippen molar-refractivity contribution in [1.29, 1.82) is 5.26 Å². The number of hydrogen-bond donors (Lipinski definition) is 1. The quantitative estimate of drug-likeness (QED) is 0.481. The van der Waals surface area contributed by atoms with Gasteiger partial charge < -0.3 is 9.88 Å². The van der Waals surface area contributed by atoms with E-state index in [-0.39, 0.29) is 6.04 Å². The fourth-order valence-corrected chi connectivity index (χ4v) is 4.64. The van der Waals surface area contributed by atoms with Gasteiger partial charge >= 0.3 is 0 Å². The van der Waals surface area contributed by atoms with Crippen LogP contribution in [0.5, 0.6) is 0 Å². The predicted molar refractivity (Wildman–Crippen MR) is 120 cm³/mol. The summed E-state index contributed by atoms with van der Waals surface area (Å²) in [6.45, 7) is 1.88. The number of thiazole rings is 1. The molecule has 1 saturated heterocycles. The van der Waals surface area contributed by atoms with Crippen molar-refractivity contribution in [2.24, 2.45) is 0 Å². The van der Waals surface area contributed by atoms with Crippen LogP contribution in [0.1, 0.15) is 35.1 Å². The number of likely N-dealkylation sites (tertiary alicyclic amines) is 1. The summed E-state index contributed by atoms with van der Waals surface area (Å²) in [5, 5.41) is 12.9. The van der Waals surface area contributed by atoms with Gasteiger partial charge in [-0.1, -0.05) is 23.5 Å². The van der Waals surface area contributed by atoms with Gasteiger partial charge in [0, 0.05) is 24.6 Å². The van der Waals surface area contributed by atoms with E-state index in [1.54, 1.807) is 6.20 Å². The molecule has 31 heavy (non-hydrogen) atoms. The highest BCUT2D eigenvalue weighted by Crippen LogP contribution is 2.33. The standard InChI is InChI=1S/C23H21N7S/c24-14-18-15-26-23(31-18)28-21-9-3-7-19(27-21)20-8-5-12-29(20)16-17-6-4-13-30(17)22-10-1-2-11-25-22/h1-4,6-7,9-11,13,15,20H,5,8,12,16H2,(H,26,27,28)/t20-/m0/s1. The molecule has 0 radical (unpaired) electrons. The second-order valence-electron chi connectivity index (χ2n) is 7.40. The SMILES string of the molecule is N#Cc1cnc(Nc2cccc([C@@H]3CCCN3Cc3cccn3-c3ccccn3)n2)s1. The van der Waals surface area contributed by atoms with E-state index in [1.165, 1.54) is 17.0 Å². The Morgan fingerprint density at radius 2 is 2.10 bits per heavy atom. The van der Waals surface area contributed by atoms with E-state index in [0.717, 1.165) is 43.3 Å². The van der Waals surface area contributed by atoms with Gasteiger partial charge in [-0.3, -0.25) is 4.90 Å². The number of nitrogens with one attached hydrogen (secondary N) is 1. The van der Waals surface area contributed by atoms with Crippen molar-refractivity contribution in [3.05, 3.63) is 83.4 Å². The first kappa shape index (κ1) is 19.4. The van der Waals surface area contributed by atoms with Gasteiger partial charge in [0.05, 0.1) is 17.9 Å². The monoisotopic (exact) mass is 427 g/mol. The molecule has 0 saturated carbocycles. The largest absolute Gasteiger partial charge is 0.316 e. The summed E-state index contributed by atoms with van der Waals surface area (Å²) in [6, 6.07) is 18.6. The third-order valence-electron chi connectivity index (χ3n) is 5.42. The van der Waals surface area contributed by atoms with Crippen molar-refractivity contribution < 1.29 is 0 Å². The summed E-state index contributed by atoms with van der Waals surface area (Å²) in [5.74, 6) is 1.68. The molecule has 4 aromatic heterocycles. The minimum absolute atomic E-state index is 0.264. The molecule has 0 amide bonds. The van der Waals surface area contributed by atoms with Crippen molar-refractivity contribution in [1.82, 2.24) is 24.4 Å². The Hall–Kier alpha value is -3.54. The molecule has 5 heterocycles.